The van der Waals surface area contributed by atoms with Gasteiger partial charge in [-0.25, -0.2) is 4.79 Å². The van der Waals surface area contributed by atoms with Crippen LogP contribution in [0, 0.1) is 0 Å². The highest BCUT2D eigenvalue weighted by Gasteiger charge is 2.28. The first-order valence-electron chi connectivity index (χ1n) is 5.04. The summed E-state index contributed by atoms with van der Waals surface area (Å²) in [6.07, 6.45) is -4.45. The summed E-state index contributed by atoms with van der Waals surface area (Å²) >= 11 is 1.38. The van der Waals surface area contributed by atoms with Gasteiger partial charge in [-0.15, -0.1) is 0 Å². The number of thiophene rings is 1. The fourth-order valence-corrected chi connectivity index (χ4v) is 1.95. The van der Waals surface area contributed by atoms with E-state index >= 15 is 0 Å². The second kappa shape index (κ2) is 5.57. The summed E-state index contributed by atoms with van der Waals surface area (Å²) in [5.74, 6) is 0. The van der Waals surface area contributed by atoms with Crippen molar-refractivity contribution in [3.8, 4) is 0 Å². The average Bonchev–Trinajstić information content (AvgIpc) is 2.76. The van der Waals surface area contributed by atoms with E-state index in [1.54, 1.807) is 22.1 Å². The average molecular weight is 282 g/mol. The molecule has 1 unspecified atom stereocenters. The SMILES string of the molecule is CC(O)(CNC(=O)NCC(F)(F)F)c1ccsc1. The molecule has 0 aliphatic rings. The topological polar surface area (TPSA) is 61.4 Å². The highest BCUT2D eigenvalue weighted by Crippen LogP contribution is 2.21. The first-order chi connectivity index (χ1) is 8.21. The fourth-order valence-electron chi connectivity index (χ4n) is 1.17. The van der Waals surface area contributed by atoms with Crippen molar-refractivity contribution in [1.82, 2.24) is 10.6 Å². The minimum atomic E-state index is -4.45. The maximum absolute atomic E-state index is 11.8. The Morgan fingerprint density at radius 1 is 1.39 bits per heavy atom. The van der Waals surface area contributed by atoms with Crippen LogP contribution in [-0.4, -0.2) is 30.4 Å². The van der Waals surface area contributed by atoms with Crippen LogP contribution in [0.3, 0.4) is 0 Å². The third-order valence-corrected chi connectivity index (χ3v) is 2.87. The molecule has 1 aromatic rings. The van der Waals surface area contributed by atoms with Gasteiger partial charge in [0.2, 0.25) is 0 Å². The van der Waals surface area contributed by atoms with Crippen molar-refractivity contribution in [2.75, 3.05) is 13.1 Å². The van der Waals surface area contributed by atoms with Crippen LogP contribution >= 0.6 is 11.3 Å². The summed E-state index contributed by atoms with van der Waals surface area (Å²) in [4.78, 5) is 11.1. The molecule has 1 aromatic heterocycles. The minimum Gasteiger partial charge on any atom is -0.384 e. The monoisotopic (exact) mass is 282 g/mol. The zero-order valence-corrected chi connectivity index (χ0v) is 10.4. The van der Waals surface area contributed by atoms with Gasteiger partial charge in [-0.05, 0) is 29.3 Å². The molecule has 0 aromatic carbocycles. The number of rotatable bonds is 4. The second-order valence-electron chi connectivity index (χ2n) is 3.94. The van der Waals surface area contributed by atoms with Crippen LogP contribution in [0.25, 0.3) is 0 Å². The van der Waals surface area contributed by atoms with Gasteiger partial charge >= 0.3 is 12.2 Å². The number of nitrogens with one attached hydrogen (secondary N) is 2. The van der Waals surface area contributed by atoms with Crippen LogP contribution < -0.4 is 10.6 Å². The van der Waals surface area contributed by atoms with Crippen LogP contribution in [0.5, 0.6) is 0 Å². The van der Waals surface area contributed by atoms with Gasteiger partial charge in [0.1, 0.15) is 12.1 Å². The van der Waals surface area contributed by atoms with Gasteiger partial charge in [0.15, 0.2) is 0 Å². The van der Waals surface area contributed by atoms with Crippen molar-refractivity contribution >= 4 is 17.4 Å². The Morgan fingerprint density at radius 2 is 2.00 bits per heavy atom. The number of carbonyl (C=O) groups is 1. The first-order valence-corrected chi connectivity index (χ1v) is 5.98. The lowest BCUT2D eigenvalue weighted by atomic mass is 9.99. The summed E-state index contributed by atoms with van der Waals surface area (Å²) in [5, 5.41) is 17.3. The van der Waals surface area contributed by atoms with Gasteiger partial charge in [-0.3, -0.25) is 0 Å². The molecule has 1 atom stereocenters. The van der Waals surface area contributed by atoms with E-state index in [-0.39, 0.29) is 6.54 Å². The molecule has 1 rings (SSSR count). The van der Waals surface area contributed by atoms with E-state index < -0.39 is 24.4 Å². The largest absolute Gasteiger partial charge is 0.405 e. The number of halogens is 3. The van der Waals surface area contributed by atoms with Crippen molar-refractivity contribution in [2.24, 2.45) is 0 Å². The number of urea groups is 1. The lowest BCUT2D eigenvalue weighted by molar-refractivity contribution is -0.122. The van der Waals surface area contributed by atoms with Crippen molar-refractivity contribution in [3.05, 3.63) is 22.4 Å². The molecule has 0 saturated heterocycles. The standard InChI is InChI=1S/C10H13F3N2O2S/c1-9(17,7-2-3-18-4-7)5-14-8(16)15-6-10(11,12)13/h2-4,17H,5-6H2,1H3,(H2,14,15,16). The molecule has 4 nitrogen and oxygen atoms in total. The van der Waals surface area contributed by atoms with E-state index in [9.17, 15) is 23.1 Å². The number of hydrogen-bond acceptors (Lipinski definition) is 3. The fraction of sp³-hybridized carbons (Fsp3) is 0.500. The van der Waals surface area contributed by atoms with Crippen LogP contribution in [0.4, 0.5) is 18.0 Å². The molecular formula is C10H13F3N2O2S. The maximum Gasteiger partial charge on any atom is 0.405 e. The molecule has 0 radical (unpaired) electrons. The molecule has 102 valence electrons. The van der Waals surface area contributed by atoms with Gasteiger partial charge in [0, 0.05) is 0 Å². The number of amides is 2. The summed E-state index contributed by atoms with van der Waals surface area (Å²) in [6, 6.07) is 0.711. The summed E-state index contributed by atoms with van der Waals surface area (Å²) in [6.45, 7) is -0.105. The Bertz CT molecular complexity index is 390. The third kappa shape index (κ3) is 4.92. The quantitative estimate of drug-likeness (QED) is 0.789. The van der Waals surface area contributed by atoms with Crippen LogP contribution in [0.1, 0.15) is 12.5 Å². The van der Waals surface area contributed by atoms with Crippen LogP contribution in [0.2, 0.25) is 0 Å². The molecule has 0 aliphatic heterocycles. The zero-order chi connectivity index (χ0) is 13.8. The normalized spacial score (nSPS) is 14.9. The highest BCUT2D eigenvalue weighted by molar-refractivity contribution is 7.08. The Morgan fingerprint density at radius 3 is 2.50 bits per heavy atom. The van der Waals surface area contributed by atoms with Crippen molar-refractivity contribution in [2.45, 2.75) is 18.7 Å². The Kier molecular flexibility index (Phi) is 4.58. The molecule has 0 spiro atoms. The zero-order valence-electron chi connectivity index (χ0n) is 9.54. The van der Waals surface area contributed by atoms with E-state index in [2.05, 4.69) is 5.32 Å². The molecule has 1 heterocycles. The van der Waals surface area contributed by atoms with Gasteiger partial charge in [-0.2, -0.15) is 24.5 Å². The Labute approximate surface area is 106 Å². The molecule has 2 amide bonds. The smallest absolute Gasteiger partial charge is 0.384 e. The number of alkyl halides is 3. The van der Waals surface area contributed by atoms with Crippen molar-refractivity contribution < 1.29 is 23.1 Å². The molecule has 8 heteroatoms. The number of hydrogen-bond donors (Lipinski definition) is 3. The molecule has 0 bridgehead atoms. The summed E-state index contributed by atoms with van der Waals surface area (Å²) in [7, 11) is 0. The van der Waals surface area contributed by atoms with E-state index in [1.807, 2.05) is 0 Å². The predicted molar refractivity (Wildman–Crippen MR) is 61.3 cm³/mol. The Hall–Kier alpha value is -1.28. The molecular weight excluding hydrogens is 269 g/mol. The van der Waals surface area contributed by atoms with Gasteiger partial charge in [0.05, 0.1) is 6.54 Å². The molecule has 0 aliphatic carbocycles. The number of carbonyl (C=O) groups excluding carboxylic acids is 1. The van der Waals surface area contributed by atoms with Gasteiger partial charge < -0.3 is 15.7 Å². The molecule has 0 saturated carbocycles. The van der Waals surface area contributed by atoms with Crippen molar-refractivity contribution in [3.63, 3.8) is 0 Å². The highest BCUT2D eigenvalue weighted by atomic mass is 32.1. The Balaban J connectivity index is 2.39. The molecule has 18 heavy (non-hydrogen) atoms. The van der Waals surface area contributed by atoms with Crippen molar-refractivity contribution in [1.29, 1.82) is 0 Å². The number of aliphatic hydroxyl groups is 1. The minimum absolute atomic E-state index is 0.173. The second-order valence-corrected chi connectivity index (χ2v) is 4.72. The van der Waals surface area contributed by atoms with Crippen LogP contribution in [-0.2, 0) is 5.60 Å². The van der Waals surface area contributed by atoms with Gasteiger partial charge in [0.25, 0.3) is 0 Å². The van der Waals surface area contributed by atoms with E-state index in [4.69, 9.17) is 0 Å². The van der Waals surface area contributed by atoms with E-state index in [1.165, 1.54) is 18.3 Å². The lowest BCUT2D eigenvalue weighted by Gasteiger charge is -2.23. The predicted octanol–water partition coefficient (Wildman–Crippen LogP) is 1.82. The van der Waals surface area contributed by atoms with E-state index in [0.717, 1.165) is 0 Å². The van der Waals surface area contributed by atoms with Crippen LogP contribution in [0.15, 0.2) is 16.8 Å². The molecule has 3 N–H and O–H groups in total. The maximum atomic E-state index is 11.8. The van der Waals surface area contributed by atoms with Gasteiger partial charge in [-0.1, -0.05) is 0 Å². The third-order valence-electron chi connectivity index (χ3n) is 2.19. The summed E-state index contributed by atoms with van der Waals surface area (Å²) in [5.41, 5.74) is -0.709. The summed E-state index contributed by atoms with van der Waals surface area (Å²) < 4.78 is 35.5. The lowest BCUT2D eigenvalue weighted by Crippen LogP contribution is -2.45. The first kappa shape index (κ1) is 14.8. The molecule has 0 fully saturated rings. The van der Waals surface area contributed by atoms with E-state index in [0.29, 0.717) is 5.56 Å².